The van der Waals surface area contributed by atoms with Crippen molar-refractivity contribution in [2.24, 2.45) is 5.41 Å². The van der Waals surface area contributed by atoms with Gasteiger partial charge in [0.05, 0.1) is 0 Å². The van der Waals surface area contributed by atoms with E-state index in [0.717, 1.165) is 30.8 Å². The molecule has 2 heterocycles. The Labute approximate surface area is 124 Å². The first kappa shape index (κ1) is 13.7. The van der Waals surface area contributed by atoms with Crippen LogP contribution in [0.25, 0.3) is 11.4 Å². The number of nitrogens with one attached hydrogen (secondary N) is 1. The molecule has 0 aliphatic heterocycles. The van der Waals surface area contributed by atoms with E-state index < -0.39 is 0 Å². The Morgan fingerprint density at radius 3 is 3.00 bits per heavy atom. The Kier molecular flexibility index (Phi) is 3.61. The van der Waals surface area contributed by atoms with Crippen LogP contribution in [0.5, 0.6) is 0 Å². The van der Waals surface area contributed by atoms with E-state index in [9.17, 15) is 0 Å². The third-order valence-corrected chi connectivity index (χ3v) is 4.59. The molecule has 1 aliphatic rings. The molecule has 0 amide bonds. The number of fused-ring (bicyclic) bond motifs is 1. The first-order valence-electron chi connectivity index (χ1n) is 7.21. The second kappa shape index (κ2) is 5.26. The van der Waals surface area contributed by atoms with Crippen molar-refractivity contribution in [3.63, 3.8) is 0 Å². The van der Waals surface area contributed by atoms with E-state index >= 15 is 0 Å². The molecule has 1 unspecified atom stereocenters. The Balaban J connectivity index is 2.01. The molecule has 4 heteroatoms. The molecule has 3 rings (SSSR count). The van der Waals surface area contributed by atoms with Crippen LogP contribution in [-0.4, -0.2) is 16.5 Å². The first-order chi connectivity index (χ1) is 9.59. The molecule has 20 heavy (non-hydrogen) atoms. The molecule has 0 fully saturated rings. The van der Waals surface area contributed by atoms with Crippen LogP contribution in [0.2, 0.25) is 0 Å². The van der Waals surface area contributed by atoms with Crippen molar-refractivity contribution in [3.8, 4) is 11.4 Å². The van der Waals surface area contributed by atoms with Crippen molar-refractivity contribution >= 4 is 11.3 Å². The minimum Gasteiger partial charge on any atom is -0.310 e. The lowest BCUT2D eigenvalue weighted by molar-refractivity contribution is 0.255. The maximum absolute atomic E-state index is 4.84. The number of hydrogen-bond acceptors (Lipinski definition) is 4. The molecular weight excluding hydrogens is 266 g/mol. The summed E-state index contributed by atoms with van der Waals surface area (Å²) in [6, 6.07) is 2.47. The zero-order chi connectivity index (χ0) is 14.2. The fourth-order valence-corrected chi connectivity index (χ4v) is 3.64. The van der Waals surface area contributed by atoms with Gasteiger partial charge in [-0.15, -0.1) is 0 Å². The average molecular weight is 287 g/mol. The van der Waals surface area contributed by atoms with Crippen molar-refractivity contribution in [1.29, 1.82) is 0 Å². The Morgan fingerprint density at radius 1 is 1.45 bits per heavy atom. The van der Waals surface area contributed by atoms with Gasteiger partial charge in [-0.25, -0.2) is 9.97 Å². The van der Waals surface area contributed by atoms with E-state index in [-0.39, 0.29) is 0 Å². The van der Waals surface area contributed by atoms with Crippen LogP contribution < -0.4 is 5.32 Å². The van der Waals surface area contributed by atoms with Crippen molar-refractivity contribution < 1.29 is 0 Å². The lowest BCUT2D eigenvalue weighted by Crippen LogP contribution is -2.34. The largest absolute Gasteiger partial charge is 0.310 e. The third-order valence-electron chi connectivity index (χ3n) is 3.91. The maximum Gasteiger partial charge on any atom is 0.160 e. The van der Waals surface area contributed by atoms with Crippen molar-refractivity contribution in [1.82, 2.24) is 15.3 Å². The van der Waals surface area contributed by atoms with E-state index in [1.54, 1.807) is 11.3 Å². The highest BCUT2D eigenvalue weighted by atomic mass is 32.1. The molecular formula is C16H21N3S. The van der Waals surface area contributed by atoms with Gasteiger partial charge in [-0.05, 0) is 36.2 Å². The molecule has 0 saturated heterocycles. The summed E-state index contributed by atoms with van der Waals surface area (Å²) in [5.74, 6) is 0.859. The van der Waals surface area contributed by atoms with E-state index in [0.29, 0.717) is 11.5 Å². The summed E-state index contributed by atoms with van der Waals surface area (Å²) in [5.41, 5.74) is 3.91. The Hall–Kier alpha value is -1.26. The maximum atomic E-state index is 4.84. The molecule has 1 N–H and O–H groups in total. The molecule has 0 aromatic carbocycles. The van der Waals surface area contributed by atoms with Crippen LogP contribution in [-0.2, 0) is 6.42 Å². The number of hydrogen-bond donors (Lipinski definition) is 1. The van der Waals surface area contributed by atoms with Crippen LogP contribution in [0.3, 0.4) is 0 Å². The van der Waals surface area contributed by atoms with Gasteiger partial charge in [-0.2, -0.15) is 11.3 Å². The second-order valence-corrected chi connectivity index (χ2v) is 7.04. The number of thiophene rings is 1. The monoisotopic (exact) mass is 287 g/mol. The highest BCUT2D eigenvalue weighted by Gasteiger charge is 2.33. The fourth-order valence-electron chi connectivity index (χ4n) is 3.01. The van der Waals surface area contributed by atoms with Gasteiger partial charge < -0.3 is 5.32 Å². The molecule has 0 radical (unpaired) electrons. The summed E-state index contributed by atoms with van der Waals surface area (Å²) in [6.45, 7) is 7.79. The molecule has 1 aliphatic carbocycles. The van der Waals surface area contributed by atoms with E-state index in [1.807, 2.05) is 6.20 Å². The lowest BCUT2D eigenvalue weighted by atomic mass is 9.74. The molecule has 2 aromatic heterocycles. The van der Waals surface area contributed by atoms with Gasteiger partial charge in [0.2, 0.25) is 0 Å². The highest BCUT2D eigenvalue weighted by Crippen LogP contribution is 2.40. The smallest absolute Gasteiger partial charge is 0.160 e. The van der Waals surface area contributed by atoms with Crippen molar-refractivity contribution in [2.45, 2.75) is 39.7 Å². The SMILES string of the molecule is CCNC1CC(C)(C)Cc2nc(-c3ccsc3)ncc21. The summed E-state index contributed by atoms with van der Waals surface area (Å²) < 4.78 is 0. The number of aromatic nitrogens is 2. The van der Waals surface area contributed by atoms with Gasteiger partial charge in [0, 0.05) is 34.4 Å². The molecule has 3 nitrogen and oxygen atoms in total. The van der Waals surface area contributed by atoms with Gasteiger partial charge in [-0.1, -0.05) is 20.8 Å². The Bertz CT molecular complexity index is 590. The second-order valence-electron chi connectivity index (χ2n) is 6.26. The first-order valence-corrected chi connectivity index (χ1v) is 8.15. The zero-order valence-electron chi connectivity index (χ0n) is 12.3. The van der Waals surface area contributed by atoms with E-state index in [1.165, 1.54) is 11.3 Å². The predicted octanol–water partition coefficient (Wildman–Crippen LogP) is 3.83. The summed E-state index contributed by atoms with van der Waals surface area (Å²) in [6.07, 6.45) is 4.21. The van der Waals surface area contributed by atoms with Crippen LogP contribution in [0.1, 0.15) is 44.5 Å². The molecule has 0 saturated carbocycles. The molecule has 0 spiro atoms. The standard InChI is InChI=1S/C16H21N3S/c1-4-17-13-7-16(2,3)8-14-12(13)9-18-15(19-14)11-5-6-20-10-11/h5-6,9-10,13,17H,4,7-8H2,1-3H3. The normalized spacial score (nSPS) is 20.6. The van der Waals surface area contributed by atoms with Crippen LogP contribution in [0.4, 0.5) is 0 Å². The van der Waals surface area contributed by atoms with Crippen LogP contribution in [0, 0.1) is 5.41 Å². The zero-order valence-corrected chi connectivity index (χ0v) is 13.1. The van der Waals surface area contributed by atoms with Gasteiger partial charge in [0.15, 0.2) is 5.82 Å². The summed E-state index contributed by atoms with van der Waals surface area (Å²) in [7, 11) is 0. The van der Waals surface area contributed by atoms with E-state index in [4.69, 9.17) is 4.98 Å². The minimum atomic E-state index is 0.292. The fraction of sp³-hybridized carbons (Fsp3) is 0.500. The molecule has 106 valence electrons. The molecule has 0 bridgehead atoms. The van der Waals surface area contributed by atoms with Gasteiger partial charge in [0.25, 0.3) is 0 Å². The average Bonchev–Trinajstić information content (AvgIpc) is 2.90. The van der Waals surface area contributed by atoms with Gasteiger partial charge in [-0.3, -0.25) is 0 Å². The van der Waals surface area contributed by atoms with Crippen LogP contribution >= 0.6 is 11.3 Å². The Morgan fingerprint density at radius 2 is 2.30 bits per heavy atom. The highest BCUT2D eigenvalue weighted by molar-refractivity contribution is 7.08. The topological polar surface area (TPSA) is 37.8 Å². The molecule has 2 aromatic rings. The molecule has 1 atom stereocenters. The summed E-state index contributed by atoms with van der Waals surface area (Å²) >= 11 is 1.69. The van der Waals surface area contributed by atoms with Gasteiger partial charge >= 0.3 is 0 Å². The van der Waals surface area contributed by atoms with Crippen molar-refractivity contribution in [3.05, 3.63) is 34.3 Å². The minimum absolute atomic E-state index is 0.292. The van der Waals surface area contributed by atoms with Crippen LogP contribution in [0.15, 0.2) is 23.0 Å². The number of nitrogens with zero attached hydrogens (tertiary/aromatic N) is 2. The predicted molar refractivity (Wildman–Crippen MR) is 83.9 cm³/mol. The summed E-state index contributed by atoms with van der Waals surface area (Å²) in [5, 5.41) is 7.75. The lowest BCUT2D eigenvalue weighted by Gasteiger charge is -2.36. The van der Waals surface area contributed by atoms with Gasteiger partial charge in [0.1, 0.15) is 0 Å². The van der Waals surface area contributed by atoms with Crippen molar-refractivity contribution in [2.75, 3.05) is 6.54 Å². The third kappa shape index (κ3) is 2.63. The number of rotatable bonds is 3. The van der Waals surface area contributed by atoms with E-state index in [2.05, 4.69) is 47.9 Å². The summed E-state index contributed by atoms with van der Waals surface area (Å²) in [4.78, 5) is 9.41. The quantitative estimate of drug-likeness (QED) is 0.932.